The molecule has 2 aromatic carbocycles. The minimum atomic E-state index is -0.146. The summed E-state index contributed by atoms with van der Waals surface area (Å²) in [5.41, 5.74) is 3.16. The van der Waals surface area contributed by atoms with Crippen molar-refractivity contribution in [1.29, 1.82) is 0 Å². The molecule has 1 N–H and O–H groups in total. The fraction of sp³-hybridized carbons (Fsp3) is 0.333. The van der Waals surface area contributed by atoms with Crippen molar-refractivity contribution in [3.05, 3.63) is 70.7 Å². The molecule has 0 spiro atoms. The second-order valence-electron chi connectivity index (χ2n) is 9.14. The summed E-state index contributed by atoms with van der Waals surface area (Å²) in [5.74, 6) is 0.846. The first-order valence-electron chi connectivity index (χ1n) is 12.3. The van der Waals surface area contributed by atoms with Gasteiger partial charge in [-0.3, -0.25) is 19.3 Å². The van der Waals surface area contributed by atoms with E-state index in [1.807, 2.05) is 52.0 Å². The number of benzene rings is 2. The third kappa shape index (κ3) is 5.28. The van der Waals surface area contributed by atoms with Crippen molar-refractivity contribution in [2.45, 2.75) is 38.8 Å². The first-order valence-corrected chi connectivity index (χ1v) is 12.6. The molecule has 5 rings (SSSR count). The van der Waals surface area contributed by atoms with E-state index < -0.39 is 0 Å². The van der Waals surface area contributed by atoms with Crippen molar-refractivity contribution in [2.24, 2.45) is 0 Å². The standard InChI is InChI=1S/C27H28ClN5O3/c28-22-5-1-4-21(16-22)23-17-24-32(26(35)11-15-33(24)30-23)18-19-7-9-20(10-8-19)27(36)29-12-3-14-31-13-2-6-25(31)34/h1,4-5,7-10,16-17H,2-3,6,11-15,18H2,(H,29,36). The van der Waals surface area contributed by atoms with Gasteiger partial charge in [0.15, 0.2) is 0 Å². The number of aryl methyl sites for hydroxylation is 1. The second kappa shape index (κ2) is 10.5. The molecule has 1 aromatic heterocycles. The maximum atomic E-state index is 12.8. The molecule has 3 heterocycles. The number of aromatic nitrogens is 2. The van der Waals surface area contributed by atoms with E-state index in [1.54, 1.807) is 17.0 Å². The molecule has 8 nitrogen and oxygen atoms in total. The van der Waals surface area contributed by atoms with Crippen molar-refractivity contribution >= 4 is 35.1 Å². The maximum absolute atomic E-state index is 12.8. The van der Waals surface area contributed by atoms with Crippen LogP contribution in [0.15, 0.2) is 54.6 Å². The molecular formula is C27H28ClN5O3. The Morgan fingerprint density at radius 3 is 2.58 bits per heavy atom. The van der Waals surface area contributed by atoms with Crippen molar-refractivity contribution < 1.29 is 14.4 Å². The Morgan fingerprint density at radius 2 is 1.83 bits per heavy atom. The van der Waals surface area contributed by atoms with Crippen molar-refractivity contribution in [3.63, 3.8) is 0 Å². The van der Waals surface area contributed by atoms with Crippen LogP contribution in [0.2, 0.25) is 5.02 Å². The Balaban J connectivity index is 1.20. The summed E-state index contributed by atoms with van der Waals surface area (Å²) < 4.78 is 1.86. The zero-order valence-corrected chi connectivity index (χ0v) is 20.7. The monoisotopic (exact) mass is 505 g/mol. The van der Waals surface area contributed by atoms with E-state index in [-0.39, 0.29) is 17.7 Å². The average Bonchev–Trinajstić information content (AvgIpc) is 3.50. The quantitative estimate of drug-likeness (QED) is 0.471. The Hall–Kier alpha value is -3.65. The minimum Gasteiger partial charge on any atom is -0.352 e. The van der Waals surface area contributed by atoms with Crippen LogP contribution in [0.1, 0.15) is 41.6 Å². The van der Waals surface area contributed by atoms with Gasteiger partial charge in [0.25, 0.3) is 5.91 Å². The molecule has 0 unspecified atom stereocenters. The number of halogens is 1. The van der Waals surface area contributed by atoms with Gasteiger partial charge >= 0.3 is 0 Å². The molecule has 2 aliphatic rings. The van der Waals surface area contributed by atoms with Gasteiger partial charge in [-0.15, -0.1) is 0 Å². The number of carbonyl (C=O) groups excluding carboxylic acids is 3. The van der Waals surface area contributed by atoms with E-state index >= 15 is 0 Å². The molecule has 2 aliphatic heterocycles. The molecule has 0 saturated carbocycles. The van der Waals surface area contributed by atoms with Crippen LogP contribution in [0, 0.1) is 0 Å². The molecule has 0 atom stereocenters. The van der Waals surface area contributed by atoms with Crippen molar-refractivity contribution in [2.75, 3.05) is 24.5 Å². The van der Waals surface area contributed by atoms with Crippen molar-refractivity contribution in [3.8, 4) is 11.3 Å². The lowest BCUT2D eigenvalue weighted by Gasteiger charge is -2.27. The van der Waals surface area contributed by atoms with Gasteiger partial charge in [-0.05, 0) is 42.7 Å². The molecular weight excluding hydrogens is 478 g/mol. The molecule has 0 aliphatic carbocycles. The van der Waals surface area contributed by atoms with Gasteiger partial charge in [0.2, 0.25) is 11.8 Å². The van der Waals surface area contributed by atoms with Crippen molar-refractivity contribution in [1.82, 2.24) is 20.0 Å². The lowest BCUT2D eigenvalue weighted by Crippen LogP contribution is -2.36. The summed E-state index contributed by atoms with van der Waals surface area (Å²) in [5, 5.41) is 8.23. The third-order valence-electron chi connectivity index (χ3n) is 6.61. The number of carbonyl (C=O) groups is 3. The zero-order valence-electron chi connectivity index (χ0n) is 20.0. The van der Waals surface area contributed by atoms with Crippen LogP contribution in [0.25, 0.3) is 11.3 Å². The molecule has 0 bridgehead atoms. The Labute approximate surface area is 214 Å². The molecule has 0 radical (unpaired) electrons. The highest BCUT2D eigenvalue weighted by Gasteiger charge is 2.27. The topological polar surface area (TPSA) is 87.5 Å². The van der Waals surface area contributed by atoms with Crippen LogP contribution in [-0.4, -0.2) is 52.0 Å². The number of nitrogens with zero attached hydrogens (tertiary/aromatic N) is 4. The van der Waals surface area contributed by atoms with E-state index in [4.69, 9.17) is 11.6 Å². The first-order chi connectivity index (χ1) is 17.5. The predicted octanol–water partition coefficient (Wildman–Crippen LogP) is 3.88. The van der Waals surface area contributed by atoms with Gasteiger partial charge < -0.3 is 10.2 Å². The Kier molecular flexibility index (Phi) is 7.04. The molecule has 9 heteroatoms. The van der Waals surface area contributed by atoms with Gasteiger partial charge in [0.05, 0.1) is 18.8 Å². The minimum absolute atomic E-state index is 0.0401. The van der Waals surface area contributed by atoms with E-state index in [2.05, 4.69) is 10.4 Å². The molecule has 1 fully saturated rings. The SMILES string of the molecule is O=C(NCCCN1CCCC1=O)c1ccc(CN2C(=O)CCn3nc(-c4cccc(Cl)c4)cc32)cc1. The number of hydrogen-bond acceptors (Lipinski definition) is 4. The number of nitrogens with one attached hydrogen (secondary N) is 1. The average molecular weight is 506 g/mol. The molecule has 3 amide bonds. The summed E-state index contributed by atoms with van der Waals surface area (Å²) >= 11 is 6.14. The fourth-order valence-corrected chi connectivity index (χ4v) is 4.86. The van der Waals surface area contributed by atoms with Crippen LogP contribution in [0.5, 0.6) is 0 Å². The highest BCUT2D eigenvalue weighted by Crippen LogP contribution is 2.30. The number of rotatable bonds is 8. The van der Waals surface area contributed by atoms with E-state index in [0.29, 0.717) is 49.6 Å². The summed E-state index contributed by atoms with van der Waals surface area (Å²) in [6, 6.07) is 16.7. The second-order valence-corrected chi connectivity index (χ2v) is 9.58. The fourth-order valence-electron chi connectivity index (χ4n) is 4.67. The molecule has 3 aromatic rings. The van der Waals surface area contributed by atoms with Gasteiger partial charge in [-0.25, -0.2) is 4.68 Å². The summed E-state index contributed by atoms with van der Waals surface area (Å²) in [6.45, 7) is 2.95. The van der Waals surface area contributed by atoms with Gasteiger partial charge in [-0.2, -0.15) is 5.10 Å². The lowest BCUT2D eigenvalue weighted by molar-refractivity contribution is -0.127. The third-order valence-corrected chi connectivity index (χ3v) is 6.85. The molecule has 1 saturated heterocycles. The van der Waals surface area contributed by atoms with Crippen LogP contribution >= 0.6 is 11.6 Å². The number of fused-ring (bicyclic) bond motifs is 1. The molecule has 36 heavy (non-hydrogen) atoms. The zero-order chi connectivity index (χ0) is 25.1. The normalized spacial score (nSPS) is 15.4. The highest BCUT2D eigenvalue weighted by molar-refractivity contribution is 6.30. The Bertz CT molecular complexity index is 1290. The number of hydrogen-bond donors (Lipinski definition) is 1. The summed E-state index contributed by atoms with van der Waals surface area (Å²) in [6.07, 6.45) is 2.67. The van der Waals surface area contributed by atoms with Crippen LogP contribution in [0.3, 0.4) is 0 Å². The first kappa shape index (κ1) is 24.1. The Morgan fingerprint density at radius 1 is 1.00 bits per heavy atom. The largest absolute Gasteiger partial charge is 0.352 e. The summed E-state index contributed by atoms with van der Waals surface area (Å²) in [7, 11) is 0. The van der Waals surface area contributed by atoms with Crippen LogP contribution in [-0.2, 0) is 22.7 Å². The van der Waals surface area contributed by atoms with E-state index in [9.17, 15) is 14.4 Å². The van der Waals surface area contributed by atoms with E-state index in [1.165, 1.54) is 0 Å². The van der Waals surface area contributed by atoms with Gasteiger partial charge in [-0.1, -0.05) is 35.9 Å². The summed E-state index contributed by atoms with van der Waals surface area (Å²) in [4.78, 5) is 40.5. The maximum Gasteiger partial charge on any atom is 0.251 e. The van der Waals surface area contributed by atoms with Crippen LogP contribution < -0.4 is 10.2 Å². The van der Waals surface area contributed by atoms with E-state index in [0.717, 1.165) is 42.0 Å². The highest BCUT2D eigenvalue weighted by atomic mass is 35.5. The number of amides is 3. The number of anilines is 1. The number of likely N-dealkylation sites (tertiary alicyclic amines) is 1. The molecule has 186 valence electrons. The van der Waals surface area contributed by atoms with Gasteiger partial charge in [0.1, 0.15) is 5.82 Å². The van der Waals surface area contributed by atoms with Gasteiger partial charge in [0, 0.05) is 54.7 Å². The smallest absolute Gasteiger partial charge is 0.251 e. The predicted molar refractivity (Wildman–Crippen MR) is 138 cm³/mol. The van der Waals surface area contributed by atoms with Crippen LogP contribution in [0.4, 0.5) is 5.82 Å². The lowest BCUT2D eigenvalue weighted by atomic mass is 10.1.